The minimum atomic E-state index is 0.414. The van der Waals surface area contributed by atoms with E-state index in [4.69, 9.17) is 4.52 Å². The van der Waals surface area contributed by atoms with E-state index in [0.717, 1.165) is 24.3 Å². The van der Waals surface area contributed by atoms with Crippen LogP contribution >= 0.6 is 11.3 Å². The van der Waals surface area contributed by atoms with E-state index in [9.17, 15) is 0 Å². The number of nitrogens with zero attached hydrogens (tertiary/aromatic N) is 2. The summed E-state index contributed by atoms with van der Waals surface area (Å²) in [7, 11) is 0. The second kappa shape index (κ2) is 5.93. The zero-order chi connectivity index (χ0) is 12.1. The van der Waals surface area contributed by atoms with Crippen LogP contribution in [-0.4, -0.2) is 22.7 Å². The highest BCUT2D eigenvalue weighted by Gasteiger charge is 2.13. The van der Waals surface area contributed by atoms with Gasteiger partial charge in [0.2, 0.25) is 11.7 Å². The summed E-state index contributed by atoms with van der Waals surface area (Å²) in [5.41, 5.74) is 0. The SMILES string of the molecule is CCNC(CC)Cc1nc(-c2cccs2)no1. The van der Waals surface area contributed by atoms with Crippen molar-refractivity contribution in [3.63, 3.8) is 0 Å². The molecule has 0 bridgehead atoms. The van der Waals surface area contributed by atoms with Gasteiger partial charge in [0, 0.05) is 12.5 Å². The standard InChI is InChI=1S/C12H17N3OS/c1-3-9(13-4-2)8-11-14-12(15-16-11)10-6-5-7-17-10/h5-7,9,13H,3-4,8H2,1-2H3. The van der Waals surface area contributed by atoms with Crippen molar-refractivity contribution in [3.05, 3.63) is 23.4 Å². The fourth-order valence-electron chi connectivity index (χ4n) is 1.70. The molecule has 1 unspecified atom stereocenters. The monoisotopic (exact) mass is 251 g/mol. The molecule has 17 heavy (non-hydrogen) atoms. The molecule has 2 aromatic heterocycles. The smallest absolute Gasteiger partial charge is 0.228 e. The largest absolute Gasteiger partial charge is 0.339 e. The van der Waals surface area contributed by atoms with Crippen LogP contribution in [0.15, 0.2) is 22.0 Å². The molecule has 0 amide bonds. The molecule has 4 nitrogen and oxygen atoms in total. The highest BCUT2D eigenvalue weighted by atomic mass is 32.1. The Morgan fingerprint density at radius 2 is 2.35 bits per heavy atom. The van der Waals surface area contributed by atoms with E-state index >= 15 is 0 Å². The van der Waals surface area contributed by atoms with Crippen LogP contribution in [0.25, 0.3) is 10.7 Å². The molecular formula is C12H17N3OS. The fraction of sp³-hybridized carbons (Fsp3) is 0.500. The van der Waals surface area contributed by atoms with Gasteiger partial charge in [-0.1, -0.05) is 25.1 Å². The third-order valence-electron chi connectivity index (χ3n) is 2.62. The van der Waals surface area contributed by atoms with Crippen LogP contribution in [0.3, 0.4) is 0 Å². The highest BCUT2D eigenvalue weighted by Crippen LogP contribution is 2.21. The van der Waals surface area contributed by atoms with Crippen LogP contribution in [0.2, 0.25) is 0 Å². The normalized spacial score (nSPS) is 12.8. The Morgan fingerprint density at radius 1 is 1.47 bits per heavy atom. The van der Waals surface area contributed by atoms with Crippen molar-refractivity contribution in [1.29, 1.82) is 0 Å². The molecule has 0 spiro atoms. The van der Waals surface area contributed by atoms with Crippen LogP contribution in [0.5, 0.6) is 0 Å². The second-order valence-electron chi connectivity index (χ2n) is 3.86. The van der Waals surface area contributed by atoms with Gasteiger partial charge >= 0.3 is 0 Å². The van der Waals surface area contributed by atoms with Gasteiger partial charge in [-0.3, -0.25) is 0 Å². The van der Waals surface area contributed by atoms with E-state index in [0.29, 0.717) is 17.8 Å². The predicted molar refractivity (Wildman–Crippen MR) is 69.1 cm³/mol. The third kappa shape index (κ3) is 3.14. The van der Waals surface area contributed by atoms with E-state index in [1.807, 2.05) is 17.5 Å². The van der Waals surface area contributed by atoms with Gasteiger partial charge < -0.3 is 9.84 Å². The maximum atomic E-state index is 5.27. The minimum absolute atomic E-state index is 0.414. The molecule has 0 saturated heterocycles. The molecule has 0 aliphatic rings. The number of thiophene rings is 1. The molecule has 2 aromatic rings. The molecule has 0 fully saturated rings. The van der Waals surface area contributed by atoms with Crippen LogP contribution in [-0.2, 0) is 6.42 Å². The van der Waals surface area contributed by atoms with E-state index in [1.165, 1.54) is 0 Å². The zero-order valence-corrected chi connectivity index (χ0v) is 11.0. The quantitative estimate of drug-likeness (QED) is 0.857. The third-order valence-corrected chi connectivity index (χ3v) is 3.48. The summed E-state index contributed by atoms with van der Waals surface area (Å²) in [6, 6.07) is 4.40. The number of aromatic nitrogens is 2. The lowest BCUT2D eigenvalue weighted by Crippen LogP contribution is -2.30. The summed E-state index contributed by atoms with van der Waals surface area (Å²) in [6.45, 7) is 5.22. The second-order valence-corrected chi connectivity index (χ2v) is 4.80. The first-order chi connectivity index (χ1) is 8.33. The molecule has 92 valence electrons. The minimum Gasteiger partial charge on any atom is -0.339 e. The van der Waals surface area contributed by atoms with Gasteiger partial charge in [-0.05, 0) is 24.4 Å². The molecule has 1 N–H and O–H groups in total. The Bertz CT molecular complexity index is 438. The number of hydrogen-bond donors (Lipinski definition) is 1. The Morgan fingerprint density at radius 3 is 3.00 bits per heavy atom. The summed E-state index contributed by atoms with van der Waals surface area (Å²) >= 11 is 1.62. The van der Waals surface area contributed by atoms with Crippen LogP contribution in [0.1, 0.15) is 26.2 Å². The summed E-state index contributed by atoms with van der Waals surface area (Å²) < 4.78 is 5.27. The van der Waals surface area contributed by atoms with Crippen LogP contribution < -0.4 is 5.32 Å². The maximum Gasteiger partial charge on any atom is 0.228 e. The number of hydrogen-bond acceptors (Lipinski definition) is 5. The number of nitrogens with one attached hydrogen (secondary N) is 1. The summed E-state index contributed by atoms with van der Waals surface area (Å²) in [4.78, 5) is 5.47. The molecular weight excluding hydrogens is 234 g/mol. The highest BCUT2D eigenvalue weighted by molar-refractivity contribution is 7.13. The molecule has 5 heteroatoms. The van der Waals surface area contributed by atoms with Crippen molar-refractivity contribution in [2.24, 2.45) is 0 Å². The summed E-state index contributed by atoms with van der Waals surface area (Å²) in [6.07, 6.45) is 1.85. The average molecular weight is 251 g/mol. The molecule has 0 saturated carbocycles. The van der Waals surface area contributed by atoms with E-state index in [-0.39, 0.29) is 0 Å². The van der Waals surface area contributed by atoms with E-state index in [1.54, 1.807) is 11.3 Å². The first-order valence-corrected chi connectivity index (χ1v) is 6.81. The molecule has 1 atom stereocenters. The van der Waals surface area contributed by atoms with Crippen molar-refractivity contribution in [2.45, 2.75) is 32.7 Å². The Labute approximate surface area is 105 Å². The lowest BCUT2D eigenvalue weighted by atomic mass is 10.1. The van der Waals surface area contributed by atoms with Crippen molar-refractivity contribution in [3.8, 4) is 10.7 Å². The van der Waals surface area contributed by atoms with Gasteiger partial charge in [0.25, 0.3) is 0 Å². The van der Waals surface area contributed by atoms with Crippen molar-refractivity contribution in [1.82, 2.24) is 15.5 Å². The van der Waals surface area contributed by atoms with Gasteiger partial charge in [-0.25, -0.2) is 0 Å². The zero-order valence-electron chi connectivity index (χ0n) is 10.1. The Kier molecular flexibility index (Phi) is 4.28. The Balaban J connectivity index is 2.03. The van der Waals surface area contributed by atoms with Gasteiger partial charge in [-0.15, -0.1) is 11.3 Å². The topological polar surface area (TPSA) is 51.0 Å². The van der Waals surface area contributed by atoms with Crippen LogP contribution in [0.4, 0.5) is 0 Å². The molecule has 2 rings (SSSR count). The number of likely N-dealkylation sites (N-methyl/N-ethyl adjacent to an activating group) is 1. The van der Waals surface area contributed by atoms with Crippen LogP contribution in [0, 0.1) is 0 Å². The van der Waals surface area contributed by atoms with Crippen molar-refractivity contribution < 1.29 is 4.52 Å². The maximum absolute atomic E-state index is 5.27. The van der Waals surface area contributed by atoms with Crippen molar-refractivity contribution in [2.75, 3.05) is 6.54 Å². The van der Waals surface area contributed by atoms with Gasteiger partial charge in [0.1, 0.15) is 0 Å². The predicted octanol–water partition coefficient (Wildman–Crippen LogP) is 2.73. The van der Waals surface area contributed by atoms with E-state index < -0.39 is 0 Å². The first-order valence-electron chi connectivity index (χ1n) is 5.93. The van der Waals surface area contributed by atoms with Gasteiger partial charge in [0.15, 0.2) is 0 Å². The van der Waals surface area contributed by atoms with Crippen molar-refractivity contribution >= 4 is 11.3 Å². The summed E-state index contributed by atoms with van der Waals surface area (Å²) in [5.74, 6) is 1.41. The molecule has 0 aliphatic carbocycles. The number of rotatable bonds is 6. The van der Waals surface area contributed by atoms with E-state index in [2.05, 4.69) is 29.3 Å². The molecule has 2 heterocycles. The Hall–Kier alpha value is -1.20. The molecule has 0 aromatic carbocycles. The lowest BCUT2D eigenvalue weighted by molar-refractivity contribution is 0.355. The molecule has 0 radical (unpaired) electrons. The van der Waals surface area contributed by atoms with Gasteiger partial charge in [-0.2, -0.15) is 4.98 Å². The lowest BCUT2D eigenvalue weighted by Gasteiger charge is -2.12. The first kappa shape index (κ1) is 12.3. The average Bonchev–Trinajstić information content (AvgIpc) is 2.98. The van der Waals surface area contributed by atoms with Gasteiger partial charge in [0.05, 0.1) is 4.88 Å². The fourth-order valence-corrected chi connectivity index (χ4v) is 2.35. The summed E-state index contributed by atoms with van der Waals surface area (Å²) in [5, 5.41) is 9.42. The molecule has 0 aliphatic heterocycles.